The largest absolute Gasteiger partial charge is 0.442 e. The molecule has 0 spiro atoms. The number of ether oxygens (including phenoxy) is 1. The number of carbonyl (C=O) groups excluding carboxylic acids is 1. The standard InChI is InChI=1S/C16H20FN3O3S2/c1-10(24)18-7-12-8-20(16(22)23-12)11-2-3-14(13(17)6-11)19-4-5-25-9-15(19)21/h2-3,6,12,15,21H,4-5,7-9H2,1H3,(H,18,24)/t12-,15?/m0/s1. The molecule has 0 bridgehead atoms. The number of rotatable bonds is 4. The van der Waals surface area contributed by atoms with Gasteiger partial charge in [0.2, 0.25) is 0 Å². The number of anilines is 2. The van der Waals surface area contributed by atoms with Crippen LogP contribution in [0, 0.1) is 5.82 Å². The van der Waals surface area contributed by atoms with Crippen molar-refractivity contribution in [2.45, 2.75) is 19.3 Å². The molecule has 6 nitrogen and oxygen atoms in total. The van der Waals surface area contributed by atoms with E-state index in [0.29, 0.717) is 41.8 Å². The number of benzene rings is 1. The molecule has 2 N–H and O–H groups in total. The van der Waals surface area contributed by atoms with E-state index < -0.39 is 18.1 Å². The number of amides is 1. The van der Waals surface area contributed by atoms with Gasteiger partial charge in [-0.2, -0.15) is 11.8 Å². The SMILES string of the molecule is CC(=S)NC[C@H]1CN(c2ccc(N3CCSCC3O)c(F)c2)C(=O)O1. The summed E-state index contributed by atoms with van der Waals surface area (Å²) in [5.41, 5.74) is 0.785. The number of carbonyl (C=O) groups is 1. The zero-order valence-electron chi connectivity index (χ0n) is 13.8. The van der Waals surface area contributed by atoms with Gasteiger partial charge in [0.1, 0.15) is 18.1 Å². The lowest BCUT2D eigenvalue weighted by molar-refractivity contribution is 0.143. The van der Waals surface area contributed by atoms with Crippen LogP contribution in [0.5, 0.6) is 0 Å². The van der Waals surface area contributed by atoms with E-state index in [0.717, 1.165) is 5.75 Å². The molecule has 2 saturated heterocycles. The topological polar surface area (TPSA) is 65.0 Å². The predicted molar refractivity (Wildman–Crippen MR) is 101 cm³/mol. The van der Waals surface area contributed by atoms with E-state index in [1.54, 1.807) is 35.7 Å². The molecule has 3 rings (SSSR count). The maximum Gasteiger partial charge on any atom is 0.414 e. The van der Waals surface area contributed by atoms with Crippen molar-refractivity contribution in [3.8, 4) is 0 Å². The molecule has 1 unspecified atom stereocenters. The second-order valence-corrected chi connectivity index (χ2v) is 7.70. The quantitative estimate of drug-likeness (QED) is 0.768. The van der Waals surface area contributed by atoms with Crippen LogP contribution in [0.25, 0.3) is 0 Å². The molecule has 25 heavy (non-hydrogen) atoms. The van der Waals surface area contributed by atoms with Crippen LogP contribution in [-0.2, 0) is 4.74 Å². The number of thioether (sulfide) groups is 1. The first kappa shape index (κ1) is 18.2. The summed E-state index contributed by atoms with van der Waals surface area (Å²) in [6.45, 7) is 3.09. The summed E-state index contributed by atoms with van der Waals surface area (Å²) in [4.78, 5) is 15.7. The van der Waals surface area contributed by atoms with Crippen LogP contribution in [0.15, 0.2) is 18.2 Å². The van der Waals surface area contributed by atoms with Crippen molar-refractivity contribution in [1.82, 2.24) is 5.32 Å². The van der Waals surface area contributed by atoms with E-state index >= 15 is 0 Å². The first-order valence-electron chi connectivity index (χ1n) is 8.00. The van der Waals surface area contributed by atoms with Crippen molar-refractivity contribution >= 4 is 46.4 Å². The second-order valence-electron chi connectivity index (χ2n) is 5.94. The molecule has 0 aromatic heterocycles. The highest BCUT2D eigenvalue weighted by Crippen LogP contribution is 2.30. The first-order valence-corrected chi connectivity index (χ1v) is 9.56. The maximum atomic E-state index is 14.6. The number of cyclic esters (lactones) is 1. The van der Waals surface area contributed by atoms with E-state index in [4.69, 9.17) is 17.0 Å². The van der Waals surface area contributed by atoms with Gasteiger partial charge < -0.3 is 20.1 Å². The van der Waals surface area contributed by atoms with Crippen molar-refractivity contribution in [2.24, 2.45) is 0 Å². The van der Waals surface area contributed by atoms with E-state index in [1.165, 1.54) is 11.0 Å². The van der Waals surface area contributed by atoms with Gasteiger partial charge in [-0.25, -0.2) is 9.18 Å². The van der Waals surface area contributed by atoms with Gasteiger partial charge in [0, 0.05) is 18.1 Å². The molecule has 1 aromatic carbocycles. The maximum absolute atomic E-state index is 14.6. The lowest BCUT2D eigenvalue weighted by Crippen LogP contribution is -2.42. The molecule has 2 aliphatic rings. The predicted octanol–water partition coefficient (Wildman–Crippen LogP) is 1.96. The minimum absolute atomic E-state index is 0.330. The van der Waals surface area contributed by atoms with Crippen LogP contribution in [0.4, 0.5) is 20.6 Å². The molecule has 9 heteroatoms. The number of nitrogens with zero attached hydrogens (tertiary/aromatic N) is 2. The summed E-state index contributed by atoms with van der Waals surface area (Å²) in [6.07, 6.45) is -1.55. The highest BCUT2D eigenvalue weighted by molar-refractivity contribution is 7.99. The van der Waals surface area contributed by atoms with Crippen LogP contribution in [0.2, 0.25) is 0 Å². The van der Waals surface area contributed by atoms with Gasteiger partial charge in [-0.3, -0.25) is 4.90 Å². The Morgan fingerprint density at radius 2 is 2.36 bits per heavy atom. The molecule has 0 saturated carbocycles. The second kappa shape index (κ2) is 7.76. The average molecular weight is 385 g/mol. The third kappa shape index (κ3) is 4.16. The van der Waals surface area contributed by atoms with Crippen molar-refractivity contribution in [1.29, 1.82) is 0 Å². The van der Waals surface area contributed by atoms with Crippen LogP contribution >= 0.6 is 24.0 Å². The van der Waals surface area contributed by atoms with Gasteiger partial charge in [0.25, 0.3) is 0 Å². The number of aliphatic hydroxyl groups is 1. The molecule has 0 aliphatic carbocycles. The zero-order valence-corrected chi connectivity index (χ0v) is 15.4. The summed E-state index contributed by atoms with van der Waals surface area (Å²) in [5, 5.41) is 13.0. The number of aliphatic hydroxyl groups excluding tert-OH is 1. The fourth-order valence-electron chi connectivity index (χ4n) is 2.86. The Bertz CT molecular complexity index is 676. The summed E-state index contributed by atoms with van der Waals surface area (Å²) in [6, 6.07) is 4.59. The molecule has 2 atom stereocenters. The summed E-state index contributed by atoms with van der Waals surface area (Å²) in [7, 11) is 0. The van der Waals surface area contributed by atoms with E-state index in [-0.39, 0.29) is 6.10 Å². The van der Waals surface area contributed by atoms with Gasteiger partial charge in [-0.1, -0.05) is 12.2 Å². The summed E-state index contributed by atoms with van der Waals surface area (Å²) >= 11 is 6.58. The molecule has 1 aromatic rings. The number of hydrogen-bond donors (Lipinski definition) is 2. The Labute approximate surface area is 155 Å². The fraction of sp³-hybridized carbons (Fsp3) is 0.500. The van der Waals surface area contributed by atoms with Crippen molar-refractivity contribution < 1.29 is 19.0 Å². The van der Waals surface area contributed by atoms with Crippen LogP contribution in [0.1, 0.15) is 6.92 Å². The van der Waals surface area contributed by atoms with E-state index in [1.807, 2.05) is 0 Å². The lowest BCUT2D eigenvalue weighted by atomic mass is 10.2. The molecular weight excluding hydrogens is 365 g/mol. The van der Waals surface area contributed by atoms with Crippen molar-refractivity contribution in [3.63, 3.8) is 0 Å². The minimum atomic E-state index is -0.704. The minimum Gasteiger partial charge on any atom is -0.442 e. The number of halogens is 1. The van der Waals surface area contributed by atoms with Crippen LogP contribution in [-0.4, -0.2) is 59.7 Å². The lowest BCUT2D eigenvalue weighted by Gasteiger charge is -2.34. The Morgan fingerprint density at radius 3 is 3.04 bits per heavy atom. The molecule has 2 aliphatic heterocycles. The molecule has 2 heterocycles. The van der Waals surface area contributed by atoms with Gasteiger partial charge in [0.05, 0.1) is 29.5 Å². The highest BCUT2D eigenvalue weighted by Gasteiger charge is 2.33. The number of nitrogens with one attached hydrogen (secondary N) is 1. The third-order valence-electron chi connectivity index (χ3n) is 4.11. The molecule has 2 fully saturated rings. The van der Waals surface area contributed by atoms with Crippen LogP contribution in [0.3, 0.4) is 0 Å². The zero-order chi connectivity index (χ0) is 18.0. The average Bonchev–Trinajstić information content (AvgIpc) is 2.95. The Hall–Kier alpha value is -1.58. The molecule has 0 radical (unpaired) electrons. The Kier molecular flexibility index (Phi) is 5.65. The van der Waals surface area contributed by atoms with Crippen LogP contribution < -0.4 is 15.1 Å². The van der Waals surface area contributed by atoms with Gasteiger partial charge in [0.15, 0.2) is 0 Å². The van der Waals surface area contributed by atoms with Gasteiger partial charge in [-0.15, -0.1) is 0 Å². The summed E-state index contributed by atoms with van der Waals surface area (Å²) in [5.74, 6) is 0.922. The van der Waals surface area contributed by atoms with Crippen molar-refractivity contribution in [3.05, 3.63) is 24.0 Å². The van der Waals surface area contributed by atoms with E-state index in [2.05, 4.69) is 5.32 Å². The molecule has 136 valence electrons. The number of hydrogen-bond acceptors (Lipinski definition) is 6. The fourth-order valence-corrected chi connectivity index (χ4v) is 3.83. The highest BCUT2D eigenvalue weighted by atomic mass is 32.2. The van der Waals surface area contributed by atoms with E-state index in [9.17, 15) is 14.3 Å². The van der Waals surface area contributed by atoms with Crippen molar-refractivity contribution in [2.75, 3.05) is 40.9 Å². The molecular formula is C16H20FN3O3S2. The monoisotopic (exact) mass is 385 g/mol. The normalized spacial score (nSPS) is 23.6. The molecule has 1 amide bonds. The summed E-state index contributed by atoms with van der Waals surface area (Å²) < 4.78 is 19.8. The number of thiocarbonyl (C=S) groups is 1. The van der Waals surface area contributed by atoms with Gasteiger partial charge >= 0.3 is 6.09 Å². The smallest absolute Gasteiger partial charge is 0.414 e. The third-order valence-corrected chi connectivity index (χ3v) is 5.26. The first-order chi connectivity index (χ1) is 12.0. The van der Waals surface area contributed by atoms with Gasteiger partial charge in [-0.05, 0) is 25.1 Å². The Morgan fingerprint density at radius 1 is 1.56 bits per heavy atom. The Balaban J connectivity index is 1.72.